The van der Waals surface area contributed by atoms with Crippen LogP contribution in [0.15, 0.2) is 35.2 Å². The van der Waals surface area contributed by atoms with Gasteiger partial charge in [0.15, 0.2) is 5.65 Å². The zero-order valence-electron chi connectivity index (χ0n) is 14.3. The third-order valence-electron chi connectivity index (χ3n) is 4.64. The van der Waals surface area contributed by atoms with Gasteiger partial charge in [-0.25, -0.2) is 4.79 Å². The van der Waals surface area contributed by atoms with E-state index in [2.05, 4.69) is 46.2 Å². The molecular weight excluding hydrogens is 334 g/mol. The third-order valence-corrected chi connectivity index (χ3v) is 5.34. The Hall–Kier alpha value is -2.41. The average Bonchev–Trinajstić information content (AvgIpc) is 3.33. The van der Waals surface area contributed by atoms with Gasteiger partial charge in [0.2, 0.25) is 0 Å². The number of urea groups is 1. The Balaban J connectivity index is 1.56. The van der Waals surface area contributed by atoms with Gasteiger partial charge in [0.1, 0.15) is 5.82 Å². The van der Waals surface area contributed by atoms with Gasteiger partial charge in [-0.2, -0.15) is 11.3 Å². The lowest BCUT2D eigenvalue weighted by atomic mass is 10.1. The summed E-state index contributed by atoms with van der Waals surface area (Å²) >= 11 is 1.68. The molecule has 0 aliphatic carbocycles. The van der Waals surface area contributed by atoms with Crippen LogP contribution in [0.4, 0.5) is 10.5 Å². The van der Waals surface area contributed by atoms with Crippen LogP contribution >= 0.6 is 11.3 Å². The van der Waals surface area contributed by atoms with E-state index in [1.165, 1.54) is 5.56 Å². The van der Waals surface area contributed by atoms with Gasteiger partial charge in [-0.05, 0) is 47.4 Å². The van der Waals surface area contributed by atoms with Gasteiger partial charge in [0.25, 0.3) is 0 Å². The molecule has 0 aromatic carbocycles. The quantitative estimate of drug-likeness (QED) is 0.762. The number of carbonyl (C=O) groups excluding carboxylic acids is 1. The fourth-order valence-corrected chi connectivity index (χ4v) is 4.10. The molecule has 1 fully saturated rings. The van der Waals surface area contributed by atoms with Gasteiger partial charge in [0.05, 0.1) is 11.7 Å². The molecule has 1 aliphatic heterocycles. The molecule has 3 aromatic heterocycles. The van der Waals surface area contributed by atoms with E-state index in [4.69, 9.17) is 0 Å². The Labute approximate surface area is 150 Å². The Morgan fingerprint density at radius 1 is 1.32 bits per heavy atom. The van der Waals surface area contributed by atoms with Crippen molar-refractivity contribution in [3.8, 4) is 0 Å². The third kappa shape index (κ3) is 3.00. The van der Waals surface area contributed by atoms with Crippen LogP contribution in [0, 0.1) is 0 Å². The predicted molar refractivity (Wildman–Crippen MR) is 99.1 cm³/mol. The number of aromatic nitrogens is 3. The predicted octanol–water partition coefficient (Wildman–Crippen LogP) is 4.28. The number of pyridine rings is 1. The molecular formula is C18H21N5OS. The summed E-state index contributed by atoms with van der Waals surface area (Å²) in [6.07, 6.45) is 3.96. The first-order valence-corrected chi connectivity index (χ1v) is 9.52. The topological polar surface area (TPSA) is 62.5 Å². The minimum atomic E-state index is -0.0489. The summed E-state index contributed by atoms with van der Waals surface area (Å²) in [6.45, 7) is 4.95. The fourth-order valence-electron chi connectivity index (χ4n) is 3.39. The molecule has 130 valence electrons. The molecule has 1 aliphatic rings. The number of hydrogen-bond donors (Lipinski definition) is 1. The van der Waals surface area contributed by atoms with Crippen LogP contribution in [0.2, 0.25) is 0 Å². The van der Waals surface area contributed by atoms with Crippen molar-refractivity contribution in [2.75, 3.05) is 11.9 Å². The molecule has 0 radical (unpaired) electrons. The van der Waals surface area contributed by atoms with Crippen LogP contribution in [-0.4, -0.2) is 32.1 Å². The normalized spacial score (nSPS) is 17.6. The maximum absolute atomic E-state index is 12.8. The number of likely N-dealkylation sites (tertiary alicyclic amines) is 1. The van der Waals surface area contributed by atoms with E-state index in [0.717, 1.165) is 36.5 Å². The molecule has 3 aromatic rings. The second kappa shape index (κ2) is 6.48. The van der Waals surface area contributed by atoms with E-state index in [9.17, 15) is 4.79 Å². The zero-order chi connectivity index (χ0) is 17.4. The SMILES string of the molecule is CC(C)c1nnc2ccc(NC(=O)N3CCCC3c3ccsc3)cn12. The number of fused-ring (bicyclic) bond motifs is 1. The number of nitrogens with zero attached hydrogens (tertiary/aromatic N) is 4. The number of nitrogens with one attached hydrogen (secondary N) is 1. The van der Waals surface area contributed by atoms with Crippen LogP contribution in [-0.2, 0) is 0 Å². The van der Waals surface area contributed by atoms with Gasteiger partial charge >= 0.3 is 6.03 Å². The lowest BCUT2D eigenvalue weighted by Crippen LogP contribution is -2.34. The highest BCUT2D eigenvalue weighted by Crippen LogP contribution is 2.33. The first kappa shape index (κ1) is 16.1. The van der Waals surface area contributed by atoms with Crippen LogP contribution in [0.1, 0.15) is 50.0 Å². The van der Waals surface area contributed by atoms with Crippen molar-refractivity contribution in [2.24, 2.45) is 0 Å². The number of carbonyl (C=O) groups is 1. The maximum Gasteiger partial charge on any atom is 0.322 e. The lowest BCUT2D eigenvalue weighted by molar-refractivity contribution is 0.207. The molecule has 0 spiro atoms. The largest absolute Gasteiger partial charge is 0.322 e. The van der Waals surface area contributed by atoms with Gasteiger partial charge in [0, 0.05) is 18.7 Å². The van der Waals surface area contributed by atoms with Crippen LogP contribution in [0.5, 0.6) is 0 Å². The van der Waals surface area contributed by atoms with E-state index in [-0.39, 0.29) is 18.0 Å². The monoisotopic (exact) mass is 355 g/mol. The highest BCUT2D eigenvalue weighted by atomic mass is 32.1. The number of amides is 2. The van der Waals surface area contributed by atoms with Gasteiger partial charge in [-0.15, -0.1) is 10.2 Å². The maximum atomic E-state index is 12.8. The summed E-state index contributed by atoms with van der Waals surface area (Å²) in [6, 6.07) is 6.00. The van der Waals surface area contributed by atoms with Crippen molar-refractivity contribution in [3.63, 3.8) is 0 Å². The summed E-state index contributed by atoms with van der Waals surface area (Å²) in [5, 5.41) is 15.6. The zero-order valence-corrected chi connectivity index (χ0v) is 15.2. The Bertz CT molecular complexity index is 886. The van der Waals surface area contributed by atoms with E-state index in [1.54, 1.807) is 11.3 Å². The van der Waals surface area contributed by atoms with E-state index in [1.807, 2.05) is 27.6 Å². The molecule has 1 N–H and O–H groups in total. The molecule has 7 heteroatoms. The van der Waals surface area contributed by atoms with E-state index in [0.29, 0.717) is 0 Å². The minimum Gasteiger partial charge on any atom is -0.317 e. The molecule has 0 bridgehead atoms. The number of thiophene rings is 1. The molecule has 0 saturated carbocycles. The molecule has 1 atom stereocenters. The van der Waals surface area contributed by atoms with Crippen LogP contribution < -0.4 is 5.32 Å². The van der Waals surface area contributed by atoms with Crippen LogP contribution in [0.25, 0.3) is 5.65 Å². The van der Waals surface area contributed by atoms with Crippen molar-refractivity contribution in [1.82, 2.24) is 19.5 Å². The highest BCUT2D eigenvalue weighted by Gasteiger charge is 2.30. The molecule has 1 saturated heterocycles. The van der Waals surface area contributed by atoms with Gasteiger partial charge < -0.3 is 10.2 Å². The molecule has 25 heavy (non-hydrogen) atoms. The minimum absolute atomic E-state index is 0.0489. The summed E-state index contributed by atoms with van der Waals surface area (Å²) in [5.74, 6) is 1.16. The van der Waals surface area contributed by atoms with E-state index < -0.39 is 0 Å². The lowest BCUT2D eigenvalue weighted by Gasteiger charge is -2.24. The summed E-state index contributed by atoms with van der Waals surface area (Å²) in [5.41, 5.74) is 2.78. The Morgan fingerprint density at radius 3 is 2.96 bits per heavy atom. The summed E-state index contributed by atoms with van der Waals surface area (Å²) in [7, 11) is 0. The van der Waals surface area contributed by atoms with Crippen molar-refractivity contribution < 1.29 is 4.79 Å². The Morgan fingerprint density at radius 2 is 2.20 bits per heavy atom. The van der Waals surface area contributed by atoms with Crippen LogP contribution in [0.3, 0.4) is 0 Å². The smallest absolute Gasteiger partial charge is 0.317 e. The molecule has 4 rings (SSSR count). The van der Waals surface area contributed by atoms with Crippen molar-refractivity contribution in [1.29, 1.82) is 0 Å². The second-order valence-corrected chi connectivity index (χ2v) is 7.48. The number of hydrogen-bond acceptors (Lipinski definition) is 4. The Kier molecular flexibility index (Phi) is 4.17. The van der Waals surface area contributed by atoms with E-state index >= 15 is 0 Å². The summed E-state index contributed by atoms with van der Waals surface area (Å²) < 4.78 is 1.95. The second-order valence-electron chi connectivity index (χ2n) is 6.70. The first-order chi connectivity index (χ1) is 12.1. The molecule has 6 nitrogen and oxygen atoms in total. The number of rotatable bonds is 3. The molecule has 4 heterocycles. The highest BCUT2D eigenvalue weighted by molar-refractivity contribution is 7.08. The number of anilines is 1. The van der Waals surface area contributed by atoms with Crippen molar-refractivity contribution >= 4 is 28.7 Å². The first-order valence-electron chi connectivity index (χ1n) is 8.58. The summed E-state index contributed by atoms with van der Waals surface area (Å²) in [4.78, 5) is 14.7. The standard InChI is InChI=1S/C18H21N5OS/c1-12(2)17-21-20-16-6-5-14(10-23(16)17)19-18(24)22-8-3-4-15(22)13-7-9-25-11-13/h5-7,9-12,15H,3-4,8H2,1-2H3,(H,19,24). The average molecular weight is 355 g/mol. The van der Waals surface area contributed by atoms with Crippen molar-refractivity contribution in [2.45, 2.75) is 38.6 Å². The van der Waals surface area contributed by atoms with Gasteiger partial charge in [-0.3, -0.25) is 4.40 Å². The fraction of sp³-hybridized carbons (Fsp3) is 0.389. The van der Waals surface area contributed by atoms with Crippen molar-refractivity contribution in [3.05, 3.63) is 46.5 Å². The van der Waals surface area contributed by atoms with Gasteiger partial charge in [-0.1, -0.05) is 13.8 Å². The molecule has 1 unspecified atom stereocenters. The molecule has 2 amide bonds.